The number of ether oxygens (including phenoxy) is 2. The number of fused-ring (bicyclic) bond motifs is 1. The van der Waals surface area contributed by atoms with Gasteiger partial charge in [0.05, 0.1) is 14.2 Å². The fourth-order valence-electron chi connectivity index (χ4n) is 2.93. The Kier molecular flexibility index (Phi) is 5.48. The van der Waals surface area contributed by atoms with Gasteiger partial charge in [-0.3, -0.25) is 4.79 Å². The van der Waals surface area contributed by atoms with Crippen LogP contribution in [0.3, 0.4) is 0 Å². The minimum Gasteiger partial charge on any atom is -0.493 e. The lowest BCUT2D eigenvalue weighted by atomic mass is 9.97. The Hall–Kier alpha value is -1.71. The molecule has 0 spiro atoms. The molecule has 0 radical (unpaired) electrons. The Morgan fingerprint density at radius 1 is 1.29 bits per heavy atom. The van der Waals surface area contributed by atoms with Crippen molar-refractivity contribution >= 4 is 5.91 Å². The molecular formula is C17H25NO3. The third kappa shape index (κ3) is 3.69. The molecule has 1 N–H and O–H groups in total. The molecule has 0 saturated heterocycles. The number of hydrogen-bond acceptors (Lipinski definition) is 3. The summed E-state index contributed by atoms with van der Waals surface area (Å²) in [7, 11) is 3.30. The van der Waals surface area contributed by atoms with Crippen LogP contribution in [-0.4, -0.2) is 26.7 Å². The van der Waals surface area contributed by atoms with Gasteiger partial charge in [-0.1, -0.05) is 13.3 Å². The van der Waals surface area contributed by atoms with E-state index in [0.29, 0.717) is 12.3 Å². The number of carbonyl (C=O) groups is 1. The molecule has 1 atom stereocenters. The Balaban J connectivity index is 2.05. The second-order valence-corrected chi connectivity index (χ2v) is 5.55. The molecule has 0 bridgehead atoms. The summed E-state index contributed by atoms with van der Waals surface area (Å²) in [6, 6.07) is 4.08. The third-order valence-corrected chi connectivity index (χ3v) is 4.13. The predicted octanol–water partition coefficient (Wildman–Crippen LogP) is 3.04. The van der Waals surface area contributed by atoms with Crippen molar-refractivity contribution in [3.8, 4) is 11.5 Å². The van der Waals surface area contributed by atoms with Gasteiger partial charge in [-0.2, -0.15) is 0 Å². The molecule has 1 aromatic carbocycles. The summed E-state index contributed by atoms with van der Waals surface area (Å²) in [5.74, 6) is 1.95. The topological polar surface area (TPSA) is 47.6 Å². The average molecular weight is 291 g/mol. The van der Waals surface area contributed by atoms with Gasteiger partial charge in [0.1, 0.15) is 0 Å². The van der Waals surface area contributed by atoms with Crippen LogP contribution < -0.4 is 14.8 Å². The maximum atomic E-state index is 12.0. The van der Waals surface area contributed by atoms with E-state index < -0.39 is 0 Å². The first-order valence-electron chi connectivity index (χ1n) is 7.71. The number of hydrogen-bond donors (Lipinski definition) is 1. The summed E-state index contributed by atoms with van der Waals surface area (Å²) in [4.78, 5) is 12.0. The minimum atomic E-state index is 0.149. The Morgan fingerprint density at radius 2 is 2.00 bits per heavy atom. The van der Waals surface area contributed by atoms with Gasteiger partial charge in [0.2, 0.25) is 5.91 Å². The maximum Gasteiger partial charge on any atom is 0.220 e. The van der Waals surface area contributed by atoms with E-state index in [4.69, 9.17) is 9.47 Å². The molecule has 4 heteroatoms. The molecule has 1 aliphatic carbocycles. The molecule has 1 aromatic rings. The molecule has 0 saturated carbocycles. The smallest absolute Gasteiger partial charge is 0.220 e. The quantitative estimate of drug-likeness (QED) is 0.785. The molecule has 1 aliphatic rings. The molecule has 116 valence electrons. The second kappa shape index (κ2) is 7.34. The standard InChI is InChI=1S/C17H25NO3/c1-4-5-8-18-17(19)10-13-7-6-12-9-15(20-2)16(21-3)11-14(12)13/h9,11,13H,4-8,10H2,1-3H3,(H,18,19). The van der Waals surface area contributed by atoms with E-state index in [9.17, 15) is 4.79 Å². The van der Waals surface area contributed by atoms with Crippen molar-refractivity contribution in [3.05, 3.63) is 23.3 Å². The van der Waals surface area contributed by atoms with Crippen LogP contribution >= 0.6 is 0 Å². The monoisotopic (exact) mass is 291 g/mol. The number of rotatable bonds is 7. The zero-order valence-corrected chi connectivity index (χ0v) is 13.2. The first-order chi connectivity index (χ1) is 10.2. The van der Waals surface area contributed by atoms with Crippen LogP contribution in [0.5, 0.6) is 11.5 Å². The van der Waals surface area contributed by atoms with Gasteiger partial charge in [0.25, 0.3) is 0 Å². The van der Waals surface area contributed by atoms with Crippen LogP contribution in [0, 0.1) is 0 Å². The van der Waals surface area contributed by atoms with Gasteiger partial charge >= 0.3 is 0 Å². The van der Waals surface area contributed by atoms with E-state index in [2.05, 4.69) is 12.2 Å². The van der Waals surface area contributed by atoms with Crippen molar-refractivity contribution in [3.63, 3.8) is 0 Å². The molecule has 4 nitrogen and oxygen atoms in total. The van der Waals surface area contributed by atoms with Crippen LogP contribution in [-0.2, 0) is 11.2 Å². The Labute approximate surface area is 126 Å². The van der Waals surface area contributed by atoms with E-state index in [1.54, 1.807) is 14.2 Å². The van der Waals surface area contributed by atoms with E-state index in [-0.39, 0.29) is 5.91 Å². The molecule has 2 rings (SSSR count). The largest absolute Gasteiger partial charge is 0.493 e. The van der Waals surface area contributed by atoms with Gasteiger partial charge in [-0.25, -0.2) is 0 Å². The van der Waals surface area contributed by atoms with Crippen LogP contribution in [0.2, 0.25) is 0 Å². The number of nitrogens with one attached hydrogen (secondary N) is 1. The van der Waals surface area contributed by atoms with Gasteiger partial charge in [-0.15, -0.1) is 0 Å². The lowest BCUT2D eigenvalue weighted by Gasteiger charge is -2.14. The zero-order chi connectivity index (χ0) is 15.2. The van der Waals surface area contributed by atoms with E-state index >= 15 is 0 Å². The van der Waals surface area contributed by atoms with Gasteiger partial charge in [-0.05, 0) is 48.4 Å². The normalized spacial score (nSPS) is 16.4. The fourth-order valence-corrected chi connectivity index (χ4v) is 2.93. The zero-order valence-electron chi connectivity index (χ0n) is 13.2. The van der Waals surface area contributed by atoms with E-state index in [1.165, 1.54) is 11.1 Å². The van der Waals surface area contributed by atoms with Gasteiger partial charge in [0.15, 0.2) is 11.5 Å². The molecule has 0 aromatic heterocycles. The minimum absolute atomic E-state index is 0.149. The van der Waals surface area contributed by atoms with Crippen molar-refractivity contribution in [1.29, 1.82) is 0 Å². The SMILES string of the molecule is CCCCNC(=O)CC1CCc2cc(OC)c(OC)cc21. The lowest BCUT2D eigenvalue weighted by Crippen LogP contribution is -2.25. The highest BCUT2D eigenvalue weighted by molar-refractivity contribution is 5.77. The van der Waals surface area contributed by atoms with Crippen LogP contribution in [0.4, 0.5) is 0 Å². The Morgan fingerprint density at radius 3 is 2.67 bits per heavy atom. The fraction of sp³-hybridized carbons (Fsp3) is 0.588. The van der Waals surface area contributed by atoms with Crippen molar-refractivity contribution < 1.29 is 14.3 Å². The van der Waals surface area contributed by atoms with Crippen LogP contribution in [0.25, 0.3) is 0 Å². The molecule has 0 heterocycles. The molecule has 21 heavy (non-hydrogen) atoms. The molecule has 1 amide bonds. The summed E-state index contributed by atoms with van der Waals surface area (Å²) in [6.07, 6.45) is 4.73. The highest BCUT2D eigenvalue weighted by Gasteiger charge is 2.26. The van der Waals surface area contributed by atoms with Crippen LogP contribution in [0.1, 0.15) is 49.7 Å². The highest BCUT2D eigenvalue weighted by atomic mass is 16.5. The number of amides is 1. The second-order valence-electron chi connectivity index (χ2n) is 5.55. The number of methoxy groups -OCH3 is 2. The molecular weight excluding hydrogens is 266 g/mol. The number of carbonyl (C=O) groups excluding carboxylic acids is 1. The maximum absolute atomic E-state index is 12.0. The Bertz CT molecular complexity index is 499. The first kappa shape index (κ1) is 15.7. The summed E-state index contributed by atoms with van der Waals surface area (Å²) in [5, 5.41) is 3.00. The van der Waals surface area contributed by atoms with Crippen molar-refractivity contribution in [2.24, 2.45) is 0 Å². The van der Waals surface area contributed by atoms with Crippen molar-refractivity contribution in [2.45, 2.75) is 44.9 Å². The summed E-state index contributed by atoms with van der Waals surface area (Å²) in [5.41, 5.74) is 2.51. The summed E-state index contributed by atoms with van der Waals surface area (Å²) < 4.78 is 10.7. The van der Waals surface area contributed by atoms with Gasteiger partial charge in [0, 0.05) is 13.0 Å². The number of unbranched alkanes of at least 4 members (excludes halogenated alkanes) is 1. The molecule has 0 aliphatic heterocycles. The van der Waals surface area contributed by atoms with E-state index in [0.717, 1.165) is 43.7 Å². The predicted molar refractivity (Wildman–Crippen MR) is 83.1 cm³/mol. The van der Waals surface area contributed by atoms with Crippen LogP contribution in [0.15, 0.2) is 12.1 Å². The molecule has 1 unspecified atom stereocenters. The van der Waals surface area contributed by atoms with Gasteiger partial charge < -0.3 is 14.8 Å². The molecule has 0 fully saturated rings. The number of aryl methyl sites for hydroxylation is 1. The summed E-state index contributed by atoms with van der Waals surface area (Å²) in [6.45, 7) is 2.90. The lowest BCUT2D eigenvalue weighted by molar-refractivity contribution is -0.121. The van der Waals surface area contributed by atoms with E-state index in [1.807, 2.05) is 12.1 Å². The van der Waals surface area contributed by atoms with Crippen molar-refractivity contribution in [1.82, 2.24) is 5.32 Å². The highest BCUT2D eigenvalue weighted by Crippen LogP contribution is 2.41. The average Bonchev–Trinajstić information content (AvgIpc) is 2.88. The summed E-state index contributed by atoms with van der Waals surface area (Å²) >= 11 is 0. The van der Waals surface area contributed by atoms with Crippen molar-refractivity contribution in [2.75, 3.05) is 20.8 Å². The first-order valence-corrected chi connectivity index (χ1v) is 7.71. The third-order valence-electron chi connectivity index (χ3n) is 4.13. The number of benzene rings is 1.